The molecule has 21 heavy (non-hydrogen) atoms. The third-order valence-electron chi connectivity index (χ3n) is 4.12. The monoisotopic (exact) mass is 310 g/mol. The quantitative estimate of drug-likeness (QED) is 0.906. The van der Waals surface area contributed by atoms with Crippen LogP contribution in [0.2, 0.25) is 0 Å². The first kappa shape index (κ1) is 16.3. The molecule has 0 aromatic heterocycles. The molecule has 0 spiro atoms. The summed E-state index contributed by atoms with van der Waals surface area (Å²) in [6, 6.07) is 7.28. The van der Waals surface area contributed by atoms with E-state index in [1.54, 1.807) is 16.4 Å². The van der Waals surface area contributed by atoms with Crippen molar-refractivity contribution in [3.63, 3.8) is 0 Å². The average molecular weight is 310 g/mol. The largest absolute Gasteiger partial charge is 0.385 e. The molecule has 1 heterocycles. The highest BCUT2D eigenvalue weighted by molar-refractivity contribution is 7.89. The Morgan fingerprint density at radius 1 is 1.14 bits per heavy atom. The van der Waals surface area contributed by atoms with Gasteiger partial charge in [0.2, 0.25) is 10.0 Å². The van der Waals surface area contributed by atoms with Gasteiger partial charge in [0.15, 0.2) is 0 Å². The first-order valence-corrected chi connectivity index (χ1v) is 9.28. The second kappa shape index (κ2) is 6.79. The van der Waals surface area contributed by atoms with Crippen LogP contribution in [-0.4, -0.2) is 31.4 Å². The van der Waals surface area contributed by atoms with E-state index < -0.39 is 10.0 Å². The molecule has 1 fully saturated rings. The lowest BCUT2D eigenvalue weighted by molar-refractivity contribution is 0.204. The number of nitrogens with zero attached hydrogens (tertiary/aromatic N) is 1. The molecule has 0 unspecified atom stereocenters. The van der Waals surface area contributed by atoms with Gasteiger partial charge in [-0.25, -0.2) is 8.42 Å². The van der Waals surface area contributed by atoms with Crippen molar-refractivity contribution in [1.29, 1.82) is 0 Å². The van der Waals surface area contributed by atoms with Crippen LogP contribution in [0.3, 0.4) is 0 Å². The van der Waals surface area contributed by atoms with Gasteiger partial charge < -0.3 is 5.32 Å². The van der Waals surface area contributed by atoms with Crippen molar-refractivity contribution in [2.75, 3.05) is 11.9 Å². The summed E-state index contributed by atoms with van der Waals surface area (Å²) in [6.07, 6.45) is 4.04. The molecule has 0 bridgehead atoms. The first-order chi connectivity index (χ1) is 9.96. The van der Waals surface area contributed by atoms with Crippen LogP contribution in [0.15, 0.2) is 29.2 Å². The zero-order chi connectivity index (χ0) is 15.5. The van der Waals surface area contributed by atoms with Gasteiger partial charge in [-0.2, -0.15) is 4.31 Å². The zero-order valence-electron chi connectivity index (χ0n) is 13.2. The van der Waals surface area contributed by atoms with E-state index in [1.165, 1.54) is 0 Å². The predicted molar refractivity (Wildman–Crippen MR) is 87.0 cm³/mol. The third kappa shape index (κ3) is 3.58. The minimum atomic E-state index is -3.39. The fourth-order valence-corrected chi connectivity index (χ4v) is 4.89. The molecule has 5 heteroatoms. The molecule has 1 N–H and O–H groups in total. The second-order valence-electron chi connectivity index (χ2n) is 5.92. The number of piperidine rings is 1. The Morgan fingerprint density at radius 2 is 1.71 bits per heavy atom. The summed E-state index contributed by atoms with van der Waals surface area (Å²) in [7, 11) is -3.39. The number of hydrogen-bond acceptors (Lipinski definition) is 3. The van der Waals surface area contributed by atoms with Crippen LogP contribution < -0.4 is 5.32 Å². The van der Waals surface area contributed by atoms with E-state index in [1.807, 2.05) is 26.0 Å². The molecule has 118 valence electrons. The minimum Gasteiger partial charge on any atom is -0.385 e. The molecule has 0 amide bonds. The SMILES string of the molecule is CCCNc1ccc(S(=O)(=O)N2[C@H](C)CCC[C@@H]2C)cc1. The van der Waals surface area contributed by atoms with Gasteiger partial charge >= 0.3 is 0 Å². The molecule has 0 saturated carbocycles. The van der Waals surface area contributed by atoms with Crippen molar-refractivity contribution in [3.8, 4) is 0 Å². The number of hydrogen-bond donors (Lipinski definition) is 1. The van der Waals surface area contributed by atoms with Crippen molar-refractivity contribution >= 4 is 15.7 Å². The fraction of sp³-hybridized carbons (Fsp3) is 0.625. The molecular weight excluding hydrogens is 284 g/mol. The predicted octanol–water partition coefficient (Wildman–Crippen LogP) is 3.46. The number of benzene rings is 1. The van der Waals surface area contributed by atoms with E-state index >= 15 is 0 Å². The maximum Gasteiger partial charge on any atom is 0.243 e. The molecule has 1 aliphatic rings. The summed E-state index contributed by atoms with van der Waals surface area (Å²) in [6.45, 7) is 7.01. The average Bonchev–Trinajstić information content (AvgIpc) is 2.45. The normalized spacial score (nSPS) is 24.0. The molecule has 2 rings (SSSR count). The highest BCUT2D eigenvalue weighted by Gasteiger charge is 2.35. The van der Waals surface area contributed by atoms with Crippen LogP contribution in [-0.2, 0) is 10.0 Å². The van der Waals surface area contributed by atoms with Crippen LogP contribution in [0.25, 0.3) is 0 Å². The highest BCUT2D eigenvalue weighted by Crippen LogP contribution is 2.29. The minimum absolute atomic E-state index is 0.0802. The first-order valence-electron chi connectivity index (χ1n) is 7.84. The Bertz CT molecular complexity index is 544. The van der Waals surface area contributed by atoms with Crippen LogP contribution in [0.4, 0.5) is 5.69 Å². The maximum absolute atomic E-state index is 12.8. The smallest absolute Gasteiger partial charge is 0.243 e. The van der Waals surface area contributed by atoms with Crippen molar-refractivity contribution in [1.82, 2.24) is 4.31 Å². The van der Waals surface area contributed by atoms with Gasteiger partial charge in [0.25, 0.3) is 0 Å². The van der Waals surface area contributed by atoms with E-state index in [0.29, 0.717) is 4.90 Å². The number of rotatable bonds is 5. The molecule has 1 saturated heterocycles. The van der Waals surface area contributed by atoms with Gasteiger partial charge in [-0.15, -0.1) is 0 Å². The lowest BCUT2D eigenvalue weighted by atomic mass is 10.0. The number of nitrogens with one attached hydrogen (secondary N) is 1. The molecular formula is C16H26N2O2S. The number of anilines is 1. The molecule has 0 radical (unpaired) electrons. The van der Waals surface area contributed by atoms with Crippen molar-refractivity contribution in [2.24, 2.45) is 0 Å². The van der Waals surface area contributed by atoms with Crippen molar-refractivity contribution in [2.45, 2.75) is 63.4 Å². The van der Waals surface area contributed by atoms with Crippen molar-refractivity contribution < 1.29 is 8.42 Å². The van der Waals surface area contributed by atoms with E-state index in [4.69, 9.17) is 0 Å². The summed E-state index contributed by atoms with van der Waals surface area (Å²) in [5, 5.41) is 3.26. The van der Waals surface area contributed by atoms with Gasteiger partial charge in [-0.3, -0.25) is 0 Å². The summed E-state index contributed by atoms with van der Waals surface area (Å²) in [5.41, 5.74) is 0.968. The molecule has 1 aromatic rings. The Labute approximate surface area is 128 Å². The molecule has 2 atom stereocenters. The Balaban J connectivity index is 2.22. The molecule has 1 aliphatic heterocycles. The number of sulfonamides is 1. The van der Waals surface area contributed by atoms with Gasteiger partial charge in [-0.1, -0.05) is 13.3 Å². The van der Waals surface area contributed by atoms with Gasteiger partial charge in [-0.05, 0) is 57.4 Å². The van der Waals surface area contributed by atoms with Crippen LogP contribution in [0.1, 0.15) is 46.5 Å². The standard InChI is InChI=1S/C16H26N2O2S/c1-4-12-17-15-8-10-16(11-9-15)21(19,20)18-13(2)6-5-7-14(18)3/h8-11,13-14,17H,4-7,12H2,1-3H3/t13-,14+. The topological polar surface area (TPSA) is 49.4 Å². The zero-order valence-corrected chi connectivity index (χ0v) is 14.0. The summed E-state index contributed by atoms with van der Waals surface area (Å²) in [4.78, 5) is 0.394. The van der Waals surface area contributed by atoms with E-state index in [2.05, 4.69) is 12.2 Å². The van der Waals surface area contributed by atoms with Crippen molar-refractivity contribution in [3.05, 3.63) is 24.3 Å². The molecule has 1 aromatic carbocycles. The van der Waals surface area contributed by atoms with Crippen LogP contribution in [0.5, 0.6) is 0 Å². The highest BCUT2D eigenvalue weighted by atomic mass is 32.2. The van der Waals surface area contributed by atoms with E-state index in [0.717, 1.165) is 37.9 Å². The Hall–Kier alpha value is -1.07. The maximum atomic E-state index is 12.8. The summed E-state index contributed by atoms with van der Waals surface area (Å²) in [5.74, 6) is 0. The Morgan fingerprint density at radius 3 is 2.24 bits per heavy atom. The van der Waals surface area contributed by atoms with Gasteiger partial charge in [0.05, 0.1) is 4.90 Å². The van der Waals surface area contributed by atoms with Crippen LogP contribution in [0, 0.1) is 0 Å². The second-order valence-corrected chi connectivity index (χ2v) is 7.76. The molecule has 4 nitrogen and oxygen atoms in total. The van der Waals surface area contributed by atoms with Gasteiger partial charge in [0, 0.05) is 24.3 Å². The Kier molecular flexibility index (Phi) is 5.27. The van der Waals surface area contributed by atoms with E-state index in [-0.39, 0.29) is 12.1 Å². The summed E-state index contributed by atoms with van der Waals surface area (Å²) < 4.78 is 27.4. The fourth-order valence-electron chi connectivity index (χ4n) is 3.01. The van der Waals surface area contributed by atoms with Crippen LogP contribution >= 0.6 is 0 Å². The lowest BCUT2D eigenvalue weighted by Crippen LogP contribution is -2.47. The third-order valence-corrected chi connectivity index (χ3v) is 6.26. The lowest BCUT2D eigenvalue weighted by Gasteiger charge is -2.37. The van der Waals surface area contributed by atoms with Gasteiger partial charge in [0.1, 0.15) is 0 Å². The summed E-state index contributed by atoms with van der Waals surface area (Å²) >= 11 is 0. The molecule has 0 aliphatic carbocycles. The van der Waals surface area contributed by atoms with E-state index in [9.17, 15) is 8.42 Å².